The molecule has 0 saturated heterocycles. The van der Waals surface area contributed by atoms with E-state index in [1.165, 1.54) is 17.0 Å². The van der Waals surface area contributed by atoms with Crippen LogP contribution in [-0.2, 0) is 11.3 Å². The Morgan fingerprint density at radius 1 is 1.13 bits per heavy atom. The minimum Gasteiger partial charge on any atom is -0.459 e. The van der Waals surface area contributed by atoms with E-state index in [0.29, 0.717) is 10.9 Å². The van der Waals surface area contributed by atoms with E-state index in [9.17, 15) is 14.4 Å². The van der Waals surface area contributed by atoms with E-state index in [1.54, 1.807) is 30.3 Å². The number of furan rings is 1. The second kappa shape index (κ2) is 6.14. The van der Waals surface area contributed by atoms with Gasteiger partial charge in [0.2, 0.25) is 5.43 Å². The van der Waals surface area contributed by atoms with Crippen LogP contribution in [-0.4, -0.2) is 21.6 Å². The minimum atomic E-state index is -0.568. The summed E-state index contributed by atoms with van der Waals surface area (Å²) in [6, 6.07) is 9.87. The number of para-hydroxylation sites is 1. The van der Waals surface area contributed by atoms with Crippen LogP contribution in [0.5, 0.6) is 0 Å². The van der Waals surface area contributed by atoms with Crippen molar-refractivity contribution in [2.45, 2.75) is 6.54 Å². The van der Waals surface area contributed by atoms with E-state index in [2.05, 4.69) is 16.0 Å². The van der Waals surface area contributed by atoms with E-state index in [4.69, 9.17) is 4.42 Å². The highest BCUT2D eigenvalue weighted by Gasteiger charge is 2.11. The molecule has 3 rings (SSSR count). The summed E-state index contributed by atoms with van der Waals surface area (Å²) < 4.78 is 6.28. The van der Waals surface area contributed by atoms with Crippen LogP contribution in [0, 0.1) is 0 Å². The molecule has 0 bridgehead atoms. The fraction of sp³-hybridized carbons (Fsp3) is 0.0667. The van der Waals surface area contributed by atoms with Crippen molar-refractivity contribution in [2.75, 3.05) is 0 Å². The number of carbonyl (C=O) groups is 2. The number of hydrazine groups is 1. The molecule has 0 radical (unpaired) electrons. The number of rotatable bonds is 3. The third kappa shape index (κ3) is 3.10. The number of hydrogen-bond donors (Lipinski definition) is 2. The molecule has 8 nitrogen and oxygen atoms in total. The average Bonchev–Trinajstić information content (AvgIpc) is 3.10. The van der Waals surface area contributed by atoms with E-state index >= 15 is 0 Å². The number of aromatic nitrogens is 2. The molecular formula is C15H12N4O4. The number of fused-ring (bicyclic) bond motifs is 1. The molecule has 0 aliphatic carbocycles. The lowest BCUT2D eigenvalue weighted by Crippen LogP contribution is -2.43. The Kier molecular flexibility index (Phi) is 3.88. The van der Waals surface area contributed by atoms with Crippen LogP contribution < -0.4 is 16.3 Å². The Labute approximate surface area is 129 Å². The van der Waals surface area contributed by atoms with E-state index in [1.807, 2.05) is 0 Å². The zero-order valence-corrected chi connectivity index (χ0v) is 11.9. The van der Waals surface area contributed by atoms with Gasteiger partial charge in [0.15, 0.2) is 5.76 Å². The molecular weight excluding hydrogens is 300 g/mol. The number of nitrogens with one attached hydrogen (secondary N) is 2. The van der Waals surface area contributed by atoms with Gasteiger partial charge in [-0.15, -0.1) is 0 Å². The zero-order valence-electron chi connectivity index (χ0n) is 11.9. The van der Waals surface area contributed by atoms with Crippen molar-refractivity contribution in [3.63, 3.8) is 0 Å². The Hall–Kier alpha value is -3.42. The summed E-state index contributed by atoms with van der Waals surface area (Å²) in [5, 5.41) is 4.40. The highest BCUT2D eigenvalue weighted by molar-refractivity contribution is 5.93. The van der Waals surface area contributed by atoms with Gasteiger partial charge < -0.3 is 4.42 Å². The van der Waals surface area contributed by atoms with Crippen molar-refractivity contribution in [3.05, 3.63) is 64.8 Å². The highest BCUT2D eigenvalue weighted by Crippen LogP contribution is 2.07. The summed E-state index contributed by atoms with van der Waals surface area (Å²) in [6.07, 6.45) is 2.50. The third-order valence-corrected chi connectivity index (χ3v) is 3.12. The van der Waals surface area contributed by atoms with Gasteiger partial charge in [0.1, 0.15) is 6.54 Å². The number of hydrogen-bond acceptors (Lipinski definition) is 5. The molecule has 2 amide bonds. The maximum Gasteiger partial charge on any atom is 0.305 e. The molecule has 1 aromatic carbocycles. The van der Waals surface area contributed by atoms with E-state index in [0.717, 1.165) is 6.20 Å². The summed E-state index contributed by atoms with van der Waals surface area (Å²) in [4.78, 5) is 35.3. The second-order valence-corrected chi connectivity index (χ2v) is 4.66. The molecule has 2 N–H and O–H groups in total. The van der Waals surface area contributed by atoms with Crippen molar-refractivity contribution in [3.8, 4) is 0 Å². The summed E-state index contributed by atoms with van der Waals surface area (Å²) in [5.74, 6) is -0.982. The number of nitrogens with zero attached hydrogens (tertiary/aromatic N) is 2. The first-order valence-corrected chi connectivity index (χ1v) is 6.73. The SMILES string of the molecule is O=C(Cn1ncc(=O)c2ccccc21)NNC(=O)c1ccco1. The van der Waals surface area contributed by atoms with Gasteiger partial charge in [-0.3, -0.25) is 29.9 Å². The molecule has 3 aromatic rings. The predicted molar refractivity (Wildman–Crippen MR) is 80.3 cm³/mol. The standard InChI is InChI=1S/C15H12N4O4/c20-12-8-16-19(11-5-2-1-4-10(11)12)9-14(21)17-18-15(22)13-6-3-7-23-13/h1-8H,9H2,(H,17,21)(H,18,22). The minimum absolute atomic E-state index is 0.0808. The maximum atomic E-state index is 11.9. The van der Waals surface area contributed by atoms with Gasteiger partial charge in [0, 0.05) is 5.39 Å². The molecule has 0 fully saturated rings. The molecule has 0 unspecified atom stereocenters. The first-order chi connectivity index (χ1) is 11.1. The van der Waals surface area contributed by atoms with Crippen LogP contribution in [0.15, 0.2) is 58.1 Å². The average molecular weight is 312 g/mol. The number of benzene rings is 1. The first kappa shape index (κ1) is 14.5. The van der Waals surface area contributed by atoms with Crippen LogP contribution in [0.1, 0.15) is 10.6 Å². The van der Waals surface area contributed by atoms with Crippen LogP contribution in [0.2, 0.25) is 0 Å². The Bertz CT molecular complexity index is 915. The van der Waals surface area contributed by atoms with Gasteiger partial charge in [0.25, 0.3) is 5.91 Å². The lowest BCUT2D eigenvalue weighted by Gasteiger charge is -2.10. The molecule has 0 aliphatic heterocycles. The van der Waals surface area contributed by atoms with Crippen LogP contribution >= 0.6 is 0 Å². The van der Waals surface area contributed by atoms with Crippen molar-refractivity contribution in [1.82, 2.24) is 20.6 Å². The molecule has 0 atom stereocenters. The summed E-state index contributed by atoms with van der Waals surface area (Å²) >= 11 is 0. The molecule has 0 spiro atoms. The zero-order chi connectivity index (χ0) is 16.2. The third-order valence-electron chi connectivity index (χ3n) is 3.12. The lowest BCUT2D eigenvalue weighted by molar-refractivity contribution is -0.122. The summed E-state index contributed by atoms with van der Waals surface area (Å²) in [6.45, 7) is -0.154. The van der Waals surface area contributed by atoms with Crippen molar-refractivity contribution < 1.29 is 14.0 Å². The van der Waals surface area contributed by atoms with Gasteiger partial charge in [-0.05, 0) is 24.3 Å². The smallest absolute Gasteiger partial charge is 0.305 e. The maximum absolute atomic E-state index is 11.9. The Morgan fingerprint density at radius 2 is 1.96 bits per heavy atom. The number of carbonyl (C=O) groups excluding carboxylic acids is 2. The topological polar surface area (TPSA) is 106 Å². The highest BCUT2D eigenvalue weighted by atomic mass is 16.3. The molecule has 0 aliphatic rings. The van der Waals surface area contributed by atoms with Crippen molar-refractivity contribution >= 4 is 22.7 Å². The van der Waals surface area contributed by atoms with Gasteiger partial charge in [-0.1, -0.05) is 12.1 Å². The molecule has 8 heteroatoms. The quantitative estimate of drug-likeness (QED) is 0.683. The van der Waals surface area contributed by atoms with Gasteiger partial charge in [-0.25, -0.2) is 0 Å². The van der Waals surface area contributed by atoms with Crippen molar-refractivity contribution in [1.29, 1.82) is 0 Å². The number of amides is 2. The van der Waals surface area contributed by atoms with Crippen molar-refractivity contribution in [2.24, 2.45) is 0 Å². The molecule has 116 valence electrons. The van der Waals surface area contributed by atoms with Gasteiger partial charge in [-0.2, -0.15) is 5.10 Å². The molecule has 23 heavy (non-hydrogen) atoms. The Morgan fingerprint density at radius 3 is 2.74 bits per heavy atom. The second-order valence-electron chi connectivity index (χ2n) is 4.66. The molecule has 0 saturated carbocycles. The van der Waals surface area contributed by atoms with Crippen LogP contribution in [0.3, 0.4) is 0 Å². The molecule has 2 heterocycles. The van der Waals surface area contributed by atoms with Crippen LogP contribution in [0.4, 0.5) is 0 Å². The molecule has 2 aromatic heterocycles. The predicted octanol–water partition coefficient (Wildman–Crippen LogP) is 0.451. The van der Waals surface area contributed by atoms with Crippen LogP contribution in [0.25, 0.3) is 10.9 Å². The lowest BCUT2D eigenvalue weighted by atomic mass is 10.2. The fourth-order valence-corrected chi connectivity index (χ4v) is 2.06. The monoisotopic (exact) mass is 312 g/mol. The largest absolute Gasteiger partial charge is 0.459 e. The summed E-state index contributed by atoms with van der Waals surface area (Å²) in [5.41, 5.74) is 4.81. The Balaban J connectivity index is 1.70. The van der Waals surface area contributed by atoms with E-state index < -0.39 is 11.8 Å². The van der Waals surface area contributed by atoms with E-state index in [-0.39, 0.29) is 17.7 Å². The normalized spacial score (nSPS) is 10.4. The fourth-order valence-electron chi connectivity index (χ4n) is 2.06. The summed E-state index contributed by atoms with van der Waals surface area (Å²) in [7, 11) is 0. The van der Waals surface area contributed by atoms with Gasteiger partial charge >= 0.3 is 5.91 Å². The first-order valence-electron chi connectivity index (χ1n) is 6.73. The van der Waals surface area contributed by atoms with Gasteiger partial charge in [0.05, 0.1) is 18.0 Å².